The van der Waals surface area contributed by atoms with Crippen LogP contribution in [0.4, 0.5) is 0 Å². The first-order valence-corrected chi connectivity index (χ1v) is 9.35. The van der Waals surface area contributed by atoms with E-state index >= 15 is 0 Å². The fraction of sp³-hybridized carbons (Fsp3) is 0.500. The topological polar surface area (TPSA) is 82.1 Å². The predicted molar refractivity (Wildman–Crippen MR) is 93.6 cm³/mol. The lowest BCUT2D eigenvalue weighted by molar-refractivity contribution is -0.129. The standard InChI is InChI=1S/C16H24N4O3S/c1-17-10-12-19(2)15(21)9-6-11-20(3)16-13-7-4-5-8-14(13)24(22,23)18-16/h4-5,7-8,17H,6,9-12H2,1-3H3. The van der Waals surface area contributed by atoms with E-state index in [-0.39, 0.29) is 10.8 Å². The first-order chi connectivity index (χ1) is 11.4. The van der Waals surface area contributed by atoms with E-state index in [4.69, 9.17) is 0 Å². The van der Waals surface area contributed by atoms with Crippen molar-refractivity contribution in [2.75, 3.05) is 40.8 Å². The van der Waals surface area contributed by atoms with Crippen molar-refractivity contribution in [3.63, 3.8) is 0 Å². The van der Waals surface area contributed by atoms with Crippen molar-refractivity contribution in [2.45, 2.75) is 17.7 Å². The Kier molecular flexibility index (Phi) is 5.95. The van der Waals surface area contributed by atoms with E-state index in [2.05, 4.69) is 9.71 Å². The van der Waals surface area contributed by atoms with Gasteiger partial charge in [0, 0.05) is 45.7 Å². The van der Waals surface area contributed by atoms with Gasteiger partial charge in [-0.1, -0.05) is 12.1 Å². The molecule has 0 radical (unpaired) electrons. The first kappa shape index (κ1) is 18.4. The number of hydrogen-bond donors (Lipinski definition) is 1. The van der Waals surface area contributed by atoms with Gasteiger partial charge >= 0.3 is 0 Å². The van der Waals surface area contributed by atoms with Crippen LogP contribution in [-0.2, 0) is 14.8 Å². The van der Waals surface area contributed by atoms with Crippen LogP contribution in [0.25, 0.3) is 0 Å². The number of amides is 1. The number of carbonyl (C=O) groups excluding carboxylic acids is 1. The summed E-state index contributed by atoms with van der Waals surface area (Å²) in [6.45, 7) is 1.99. The zero-order valence-electron chi connectivity index (χ0n) is 14.3. The summed E-state index contributed by atoms with van der Waals surface area (Å²) in [5.41, 5.74) is 0.623. The highest BCUT2D eigenvalue weighted by atomic mass is 32.2. The molecular weight excluding hydrogens is 328 g/mol. The van der Waals surface area contributed by atoms with Crippen molar-refractivity contribution in [3.05, 3.63) is 29.8 Å². The summed E-state index contributed by atoms with van der Waals surface area (Å²) in [4.78, 5) is 15.7. The van der Waals surface area contributed by atoms with E-state index < -0.39 is 10.0 Å². The molecule has 1 aromatic rings. The highest BCUT2D eigenvalue weighted by Crippen LogP contribution is 2.26. The molecule has 0 atom stereocenters. The summed E-state index contributed by atoms with van der Waals surface area (Å²) in [5.74, 6) is 0.529. The molecule has 0 aromatic heterocycles. The van der Waals surface area contributed by atoms with Gasteiger partial charge < -0.3 is 15.1 Å². The van der Waals surface area contributed by atoms with E-state index in [1.807, 2.05) is 7.05 Å². The van der Waals surface area contributed by atoms with Crippen LogP contribution in [0.3, 0.4) is 0 Å². The number of sulfonamides is 1. The second-order valence-corrected chi connectivity index (χ2v) is 7.40. The van der Waals surface area contributed by atoms with E-state index in [1.54, 1.807) is 48.2 Å². The summed E-state index contributed by atoms with van der Waals surface area (Å²) in [5, 5.41) is 3.01. The number of likely N-dealkylation sites (N-methyl/N-ethyl adjacent to an activating group) is 2. The Morgan fingerprint density at radius 3 is 2.62 bits per heavy atom. The molecule has 1 heterocycles. The van der Waals surface area contributed by atoms with Crippen LogP contribution in [0.15, 0.2) is 33.6 Å². The third-order valence-electron chi connectivity index (χ3n) is 3.98. The van der Waals surface area contributed by atoms with Gasteiger partial charge in [0.15, 0.2) is 0 Å². The fourth-order valence-electron chi connectivity index (χ4n) is 2.53. The molecule has 0 unspecified atom stereocenters. The van der Waals surface area contributed by atoms with E-state index in [0.29, 0.717) is 37.3 Å². The maximum atomic E-state index is 12.1. The Labute approximate surface area is 143 Å². The maximum absolute atomic E-state index is 12.1. The smallest absolute Gasteiger partial charge is 0.285 e. The van der Waals surface area contributed by atoms with Crippen molar-refractivity contribution < 1.29 is 13.2 Å². The van der Waals surface area contributed by atoms with Crippen molar-refractivity contribution in [1.82, 2.24) is 15.1 Å². The van der Waals surface area contributed by atoms with Crippen molar-refractivity contribution in [2.24, 2.45) is 4.40 Å². The number of fused-ring (bicyclic) bond motifs is 1. The van der Waals surface area contributed by atoms with Crippen LogP contribution >= 0.6 is 0 Å². The summed E-state index contributed by atoms with van der Waals surface area (Å²) < 4.78 is 28.0. The van der Waals surface area contributed by atoms with Crippen molar-refractivity contribution in [1.29, 1.82) is 0 Å². The van der Waals surface area contributed by atoms with Gasteiger partial charge in [-0.25, -0.2) is 0 Å². The molecule has 1 amide bonds. The molecule has 1 N–H and O–H groups in total. The average Bonchev–Trinajstić information content (AvgIpc) is 2.84. The SMILES string of the molecule is CNCCN(C)C(=O)CCCN(C)C1=NS(=O)(=O)c2ccccc21. The monoisotopic (exact) mass is 352 g/mol. The zero-order valence-corrected chi connectivity index (χ0v) is 15.1. The van der Waals surface area contributed by atoms with Gasteiger partial charge in [-0.3, -0.25) is 4.79 Å². The molecule has 0 saturated heterocycles. The molecule has 8 heteroatoms. The predicted octanol–water partition coefficient (Wildman–Crippen LogP) is 0.525. The Morgan fingerprint density at radius 2 is 1.92 bits per heavy atom. The van der Waals surface area contributed by atoms with E-state index in [0.717, 1.165) is 6.54 Å². The molecule has 24 heavy (non-hydrogen) atoms. The molecule has 2 rings (SSSR count). The number of carbonyl (C=O) groups is 1. The second-order valence-electron chi connectivity index (χ2n) is 5.83. The second kappa shape index (κ2) is 7.76. The number of benzene rings is 1. The molecule has 1 aliphatic rings. The summed E-state index contributed by atoms with van der Waals surface area (Å²) in [6.07, 6.45) is 1.06. The first-order valence-electron chi connectivity index (χ1n) is 7.91. The van der Waals surface area contributed by atoms with Gasteiger partial charge in [-0.15, -0.1) is 4.40 Å². The molecule has 0 spiro atoms. The largest absolute Gasteiger partial charge is 0.358 e. The Morgan fingerprint density at radius 1 is 1.21 bits per heavy atom. The van der Waals surface area contributed by atoms with Crippen LogP contribution in [0.1, 0.15) is 18.4 Å². The van der Waals surface area contributed by atoms with Gasteiger partial charge in [-0.05, 0) is 25.6 Å². The number of amidine groups is 1. The van der Waals surface area contributed by atoms with Crippen LogP contribution in [0.2, 0.25) is 0 Å². The molecule has 1 aromatic carbocycles. The number of hydrogen-bond acceptors (Lipinski definition) is 5. The number of rotatable bonds is 7. The molecule has 0 bridgehead atoms. The van der Waals surface area contributed by atoms with Crippen LogP contribution in [-0.4, -0.2) is 70.7 Å². The third-order valence-corrected chi connectivity index (χ3v) is 5.31. The average molecular weight is 352 g/mol. The lowest BCUT2D eigenvalue weighted by atomic mass is 10.2. The maximum Gasteiger partial charge on any atom is 0.285 e. The lowest BCUT2D eigenvalue weighted by Gasteiger charge is -2.20. The van der Waals surface area contributed by atoms with Gasteiger partial charge in [0.2, 0.25) is 5.91 Å². The fourth-order valence-corrected chi connectivity index (χ4v) is 3.78. The summed E-state index contributed by atoms with van der Waals surface area (Å²) in [6, 6.07) is 6.80. The summed E-state index contributed by atoms with van der Waals surface area (Å²) >= 11 is 0. The molecular formula is C16H24N4O3S. The lowest BCUT2D eigenvalue weighted by Crippen LogP contribution is -2.33. The minimum atomic E-state index is -3.60. The third kappa shape index (κ3) is 4.12. The Hall–Kier alpha value is -1.93. The molecule has 132 valence electrons. The highest BCUT2D eigenvalue weighted by Gasteiger charge is 2.30. The Bertz CT molecular complexity index is 731. The van der Waals surface area contributed by atoms with E-state index in [1.165, 1.54) is 0 Å². The van der Waals surface area contributed by atoms with Gasteiger partial charge in [0.05, 0.1) is 0 Å². The highest BCUT2D eigenvalue weighted by molar-refractivity contribution is 7.90. The van der Waals surface area contributed by atoms with Gasteiger partial charge in [0.25, 0.3) is 10.0 Å². The molecule has 7 nitrogen and oxygen atoms in total. The molecule has 1 aliphatic heterocycles. The minimum Gasteiger partial charge on any atom is -0.358 e. The van der Waals surface area contributed by atoms with Crippen LogP contribution < -0.4 is 5.32 Å². The van der Waals surface area contributed by atoms with Crippen LogP contribution in [0, 0.1) is 0 Å². The van der Waals surface area contributed by atoms with Crippen LogP contribution in [0.5, 0.6) is 0 Å². The number of nitrogens with zero attached hydrogens (tertiary/aromatic N) is 3. The van der Waals surface area contributed by atoms with Gasteiger partial charge in [-0.2, -0.15) is 8.42 Å². The normalized spacial score (nSPS) is 14.9. The number of nitrogens with one attached hydrogen (secondary N) is 1. The Balaban J connectivity index is 1.92. The zero-order chi connectivity index (χ0) is 17.7. The molecule has 0 saturated carbocycles. The quantitative estimate of drug-likeness (QED) is 0.774. The van der Waals surface area contributed by atoms with Crippen molar-refractivity contribution >= 4 is 21.8 Å². The van der Waals surface area contributed by atoms with E-state index in [9.17, 15) is 13.2 Å². The summed E-state index contributed by atoms with van der Waals surface area (Å²) in [7, 11) is 1.83. The minimum absolute atomic E-state index is 0.0834. The van der Waals surface area contributed by atoms with Crippen molar-refractivity contribution in [3.8, 4) is 0 Å². The molecule has 0 fully saturated rings. The molecule has 0 aliphatic carbocycles. The van der Waals surface area contributed by atoms with Gasteiger partial charge in [0.1, 0.15) is 10.7 Å².